The summed E-state index contributed by atoms with van der Waals surface area (Å²) in [6, 6.07) is 6.33. The molecule has 7 nitrogen and oxygen atoms in total. The quantitative estimate of drug-likeness (QED) is 0.676. The van der Waals surface area contributed by atoms with Gasteiger partial charge in [0.25, 0.3) is 0 Å². The zero-order chi connectivity index (χ0) is 17.6. The number of hydrogen-bond acceptors (Lipinski definition) is 4. The summed E-state index contributed by atoms with van der Waals surface area (Å²) in [4.78, 5) is 10.9. The van der Waals surface area contributed by atoms with E-state index in [4.69, 9.17) is 9.84 Å². The van der Waals surface area contributed by atoms with Gasteiger partial charge >= 0.3 is 11.8 Å². The fraction of sp³-hybridized carbons (Fsp3) is 0.500. The number of rotatable bonds is 4. The van der Waals surface area contributed by atoms with Gasteiger partial charge in [-0.25, -0.2) is 4.79 Å². The van der Waals surface area contributed by atoms with Crippen LogP contribution in [0.4, 0.5) is 0 Å². The van der Waals surface area contributed by atoms with Gasteiger partial charge in [-0.15, -0.1) is 0 Å². The number of amidine groups is 1. The maximum atomic E-state index is 12.6. The SMILES string of the molecule is CC(Oc1cccc(C2=[N+]([O-])C(C)(C)C(C)(C)N2[O])c1)C(=O)O. The summed E-state index contributed by atoms with van der Waals surface area (Å²) in [5.41, 5.74) is -1.42. The van der Waals surface area contributed by atoms with E-state index in [9.17, 15) is 15.2 Å². The number of nitrogens with zero attached hydrogens (tertiary/aromatic N) is 2. The van der Waals surface area contributed by atoms with E-state index in [-0.39, 0.29) is 11.6 Å². The smallest absolute Gasteiger partial charge is 0.344 e. The van der Waals surface area contributed by atoms with Crippen LogP contribution in [0, 0.1) is 5.21 Å². The minimum atomic E-state index is -1.10. The normalized spacial score (nSPS) is 20.5. The summed E-state index contributed by atoms with van der Waals surface area (Å²) >= 11 is 0. The molecule has 1 aromatic carbocycles. The van der Waals surface area contributed by atoms with Crippen molar-refractivity contribution in [3.05, 3.63) is 35.0 Å². The largest absolute Gasteiger partial charge is 0.714 e. The molecule has 1 radical (unpaired) electrons. The molecular formula is C16H21N2O5. The zero-order valence-corrected chi connectivity index (χ0v) is 13.9. The Morgan fingerprint density at radius 2 is 1.96 bits per heavy atom. The third-order valence-corrected chi connectivity index (χ3v) is 4.65. The van der Waals surface area contributed by atoms with Crippen molar-refractivity contribution in [2.24, 2.45) is 0 Å². The van der Waals surface area contributed by atoms with Crippen molar-refractivity contribution < 1.29 is 24.6 Å². The molecule has 0 aromatic heterocycles. The number of benzene rings is 1. The number of hydroxylamine groups is 3. The molecule has 0 fully saturated rings. The molecule has 0 spiro atoms. The Hall–Kier alpha value is -2.28. The van der Waals surface area contributed by atoms with Crippen LogP contribution < -0.4 is 4.74 Å². The Morgan fingerprint density at radius 1 is 1.35 bits per heavy atom. The monoisotopic (exact) mass is 321 g/mol. The van der Waals surface area contributed by atoms with Crippen molar-refractivity contribution >= 4 is 11.8 Å². The first kappa shape index (κ1) is 17.1. The van der Waals surface area contributed by atoms with E-state index >= 15 is 0 Å². The van der Waals surface area contributed by atoms with Gasteiger partial charge in [0.1, 0.15) is 11.3 Å². The van der Waals surface area contributed by atoms with Gasteiger partial charge in [0.15, 0.2) is 11.6 Å². The van der Waals surface area contributed by atoms with Crippen LogP contribution in [0.15, 0.2) is 24.3 Å². The second-order valence-corrected chi connectivity index (χ2v) is 6.66. The van der Waals surface area contributed by atoms with E-state index in [1.54, 1.807) is 45.9 Å². The molecule has 2 rings (SSSR count). The average Bonchev–Trinajstić information content (AvgIpc) is 2.57. The van der Waals surface area contributed by atoms with Crippen LogP contribution in [0.5, 0.6) is 5.75 Å². The van der Waals surface area contributed by atoms with Crippen LogP contribution in [0.2, 0.25) is 0 Å². The van der Waals surface area contributed by atoms with E-state index in [0.29, 0.717) is 15.4 Å². The maximum Gasteiger partial charge on any atom is 0.344 e. The van der Waals surface area contributed by atoms with Crippen LogP contribution in [-0.4, -0.2) is 43.9 Å². The van der Waals surface area contributed by atoms with Gasteiger partial charge in [0.2, 0.25) is 0 Å². The molecule has 7 heteroatoms. The number of hydrogen-bond donors (Lipinski definition) is 1. The van der Waals surface area contributed by atoms with Crippen molar-refractivity contribution in [2.45, 2.75) is 51.8 Å². The third-order valence-electron chi connectivity index (χ3n) is 4.65. The first-order valence-corrected chi connectivity index (χ1v) is 7.31. The zero-order valence-electron chi connectivity index (χ0n) is 13.9. The molecule has 0 saturated carbocycles. The minimum Gasteiger partial charge on any atom is -0.714 e. The fourth-order valence-corrected chi connectivity index (χ4v) is 2.31. The van der Waals surface area contributed by atoms with Crippen molar-refractivity contribution in [3.63, 3.8) is 0 Å². The van der Waals surface area contributed by atoms with Gasteiger partial charge < -0.3 is 15.1 Å². The van der Waals surface area contributed by atoms with E-state index in [2.05, 4.69) is 0 Å². The highest BCUT2D eigenvalue weighted by molar-refractivity contribution is 5.96. The number of carboxylic acid groups (broad SMARTS) is 1. The first-order chi connectivity index (χ1) is 10.5. The van der Waals surface area contributed by atoms with E-state index < -0.39 is 23.2 Å². The van der Waals surface area contributed by atoms with Gasteiger partial charge in [-0.3, -0.25) is 4.74 Å². The first-order valence-electron chi connectivity index (χ1n) is 7.31. The molecule has 1 heterocycles. The van der Waals surface area contributed by atoms with Gasteiger partial charge in [-0.2, -0.15) is 0 Å². The lowest BCUT2D eigenvalue weighted by molar-refractivity contribution is -0.539. The van der Waals surface area contributed by atoms with Crippen LogP contribution in [0.1, 0.15) is 40.2 Å². The molecule has 125 valence electrons. The lowest BCUT2D eigenvalue weighted by Crippen LogP contribution is -2.53. The lowest BCUT2D eigenvalue weighted by atomic mass is 9.84. The number of carboxylic acids is 1. The second kappa shape index (κ2) is 5.42. The van der Waals surface area contributed by atoms with E-state index in [0.717, 1.165) is 0 Å². The van der Waals surface area contributed by atoms with Crippen molar-refractivity contribution in [1.29, 1.82) is 0 Å². The number of aliphatic carboxylic acids is 1. The Labute approximate surface area is 135 Å². The summed E-state index contributed by atoms with van der Waals surface area (Å²) in [6.07, 6.45) is -1.03. The summed E-state index contributed by atoms with van der Waals surface area (Å²) in [6.45, 7) is 8.26. The molecule has 1 aliphatic rings. The molecule has 1 atom stereocenters. The van der Waals surface area contributed by atoms with Crippen molar-refractivity contribution in [2.75, 3.05) is 0 Å². The van der Waals surface area contributed by atoms with Gasteiger partial charge in [-0.1, -0.05) is 11.1 Å². The molecular weight excluding hydrogens is 300 g/mol. The summed E-state index contributed by atoms with van der Waals surface area (Å²) in [5.74, 6) is -0.815. The summed E-state index contributed by atoms with van der Waals surface area (Å²) in [5, 5.41) is 34.8. The van der Waals surface area contributed by atoms with Crippen molar-refractivity contribution in [1.82, 2.24) is 5.06 Å². The predicted molar refractivity (Wildman–Crippen MR) is 82.6 cm³/mol. The molecule has 0 bridgehead atoms. The van der Waals surface area contributed by atoms with E-state index in [1.807, 2.05) is 0 Å². The minimum absolute atomic E-state index is 0.00609. The third kappa shape index (κ3) is 2.61. The molecule has 1 aromatic rings. The summed E-state index contributed by atoms with van der Waals surface area (Å²) < 4.78 is 6.00. The Kier molecular flexibility index (Phi) is 4.02. The standard InChI is InChI=1S/C16H21N2O5/c1-10(14(19)20)23-12-8-6-7-11(9-12)13-17(21)15(2,3)16(4,5)18(13)22/h6-10H,1-5H3,(H,19,20). The van der Waals surface area contributed by atoms with Gasteiger partial charge in [-0.05, 0) is 52.8 Å². The van der Waals surface area contributed by atoms with E-state index in [1.165, 1.54) is 13.0 Å². The fourth-order valence-electron chi connectivity index (χ4n) is 2.31. The van der Waals surface area contributed by atoms with Crippen molar-refractivity contribution in [3.8, 4) is 5.75 Å². The molecule has 1 N–H and O–H groups in total. The second-order valence-electron chi connectivity index (χ2n) is 6.66. The Morgan fingerprint density at radius 3 is 2.43 bits per heavy atom. The van der Waals surface area contributed by atoms with Gasteiger partial charge in [0.05, 0.1) is 5.56 Å². The maximum absolute atomic E-state index is 12.6. The summed E-state index contributed by atoms with van der Waals surface area (Å²) in [7, 11) is 0. The Balaban J connectivity index is 2.43. The molecule has 0 amide bonds. The molecule has 0 aliphatic carbocycles. The highest BCUT2D eigenvalue weighted by Crippen LogP contribution is 2.37. The highest BCUT2D eigenvalue weighted by atomic mass is 16.5. The topological polar surface area (TPSA) is 95.7 Å². The van der Waals surface area contributed by atoms with Crippen LogP contribution in [-0.2, 0) is 10.0 Å². The van der Waals surface area contributed by atoms with Crippen LogP contribution in [0.3, 0.4) is 0 Å². The lowest BCUT2D eigenvalue weighted by Gasteiger charge is -2.32. The Bertz CT molecular complexity index is 666. The number of carbonyl (C=O) groups is 1. The van der Waals surface area contributed by atoms with Crippen LogP contribution >= 0.6 is 0 Å². The number of ether oxygens (including phenoxy) is 1. The highest BCUT2D eigenvalue weighted by Gasteiger charge is 2.59. The molecule has 1 aliphatic heterocycles. The molecule has 23 heavy (non-hydrogen) atoms. The predicted octanol–water partition coefficient (Wildman–Crippen LogP) is 2.01. The van der Waals surface area contributed by atoms with Crippen LogP contribution in [0.25, 0.3) is 0 Å². The average molecular weight is 321 g/mol. The van der Waals surface area contributed by atoms with Gasteiger partial charge in [0, 0.05) is 5.21 Å². The molecule has 0 saturated heterocycles. The molecule has 1 unspecified atom stereocenters.